The number of hydrogen-bond donors (Lipinski definition) is 1. The van der Waals surface area contributed by atoms with Gasteiger partial charge in [0, 0.05) is 30.2 Å². The van der Waals surface area contributed by atoms with Gasteiger partial charge in [-0.05, 0) is 37.1 Å². The van der Waals surface area contributed by atoms with Gasteiger partial charge in [0.2, 0.25) is 0 Å². The zero-order valence-corrected chi connectivity index (χ0v) is 19.3. The molecule has 0 fully saturated rings. The van der Waals surface area contributed by atoms with Crippen LogP contribution in [0.15, 0.2) is 36.5 Å². The normalized spacial score (nSPS) is 13.2. The first-order valence-electron chi connectivity index (χ1n) is 10.3. The summed E-state index contributed by atoms with van der Waals surface area (Å²) in [4.78, 5) is 32.7. The first-order chi connectivity index (χ1) is 15.5. The van der Waals surface area contributed by atoms with Crippen LogP contribution < -0.4 is 5.32 Å². The highest BCUT2D eigenvalue weighted by Gasteiger charge is 2.30. The smallest absolute Gasteiger partial charge is 0.410 e. The van der Waals surface area contributed by atoms with Crippen LogP contribution >= 0.6 is 22.7 Å². The number of aromatic nitrogens is 3. The van der Waals surface area contributed by atoms with E-state index in [1.165, 1.54) is 11.3 Å². The van der Waals surface area contributed by atoms with Crippen LogP contribution in [-0.4, -0.2) is 44.8 Å². The second-order valence-corrected chi connectivity index (χ2v) is 9.53. The minimum absolute atomic E-state index is 0.270. The van der Waals surface area contributed by atoms with Crippen LogP contribution in [0.3, 0.4) is 0 Å². The molecule has 0 unspecified atom stereocenters. The monoisotopic (exact) mass is 467 g/mol. The lowest BCUT2D eigenvalue weighted by atomic mass is 10.0. The summed E-state index contributed by atoms with van der Waals surface area (Å²) >= 11 is 3.09. The Bertz CT molecular complexity index is 1290. The summed E-state index contributed by atoms with van der Waals surface area (Å²) in [6.45, 7) is 3.16. The molecule has 1 aromatic carbocycles. The van der Waals surface area contributed by atoms with Gasteiger partial charge in [0.15, 0.2) is 5.69 Å². The van der Waals surface area contributed by atoms with Crippen molar-refractivity contribution in [3.63, 3.8) is 0 Å². The Morgan fingerprint density at radius 3 is 2.81 bits per heavy atom. The molecule has 1 aliphatic heterocycles. The number of benzene rings is 1. The molecule has 8 nitrogen and oxygen atoms in total. The Morgan fingerprint density at radius 1 is 1.22 bits per heavy atom. The minimum Gasteiger partial charge on any atom is -0.450 e. The van der Waals surface area contributed by atoms with Gasteiger partial charge in [-0.1, -0.05) is 12.1 Å². The molecule has 0 bridgehead atoms. The fraction of sp³-hybridized carbons (Fsp3) is 0.273. The molecule has 10 heteroatoms. The number of carbonyl (C=O) groups is 2. The Balaban J connectivity index is 1.55. The minimum atomic E-state index is -0.313. The molecule has 0 spiro atoms. The number of thiazole rings is 1. The molecule has 2 amide bonds. The number of anilines is 1. The number of nitrogens with zero attached hydrogens (tertiary/aromatic N) is 4. The van der Waals surface area contributed by atoms with Crippen molar-refractivity contribution in [3.8, 4) is 10.6 Å². The number of aryl methyl sites for hydroxylation is 1. The summed E-state index contributed by atoms with van der Waals surface area (Å²) in [6.07, 6.45) is 2.10. The van der Waals surface area contributed by atoms with E-state index in [2.05, 4.69) is 10.4 Å². The molecule has 3 aromatic heterocycles. The van der Waals surface area contributed by atoms with Gasteiger partial charge in [-0.2, -0.15) is 5.10 Å². The summed E-state index contributed by atoms with van der Waals surface area (Å²) in [5, 5.41) is 8.85. The third-order valence-electron chi connectivity index (χ3n) is 5.26. The molecule has 0 saturated carbocycles. The van der Waals surface area contributed by atoms with Crippen molar-refractivity contribution in [2.75, 3.05) is 18.5 Å². The van der Waals surface area contributed by atoms with E-state index in [0.29, 0.717) is 31.8 Å². The van der Waals surface area contributed by atoms with Crippen molar-refractivity contribution in [1.82, 2.24) is 19.7 Å². The van der Waals surface area contributed by atoms with Crippen molar-refractivity contribution in [2.24, 2.45) is 7.05 Å². The number of thiophene rings is 1. The summed E-state index contributed by atoms with van der Waals surface area (Å²) in [5.74, 6) is -0.270. The molecule has 4 aromatic rings. The fourth-order valence-corrected chi connectivity index (χ4v) is 6.14. The standard InChI is InChI=1S/C22H21N5O3S2/c1-3-30-22(29)27-11-8-13-17(12-27)32-21(24-19(28)15-9-10-26(2)25-15)18(13)20-23-14-6-4-5-7-16(14)31-20/h4-7,9-10H,3,8,11-12H2,1-2H3,(H,24,28). The lowest BCUT2D eigenvalue weighted by Crippen LogP contribution is -2.35. The topological polar surface area (TPSA) is 89.4 Å². The SMILES string of the molecule is CCOC(=O)N1CCc2c(sc(NC(=O)c3ccn(C)n3)c2-c2nc3ccccc3s2)C1. The average Bonchev–Trinajstić information content (AvgIpc) is 3.48. The highest BCUT2D eigenvalue weighted by molar-refractivity contribution is 7.23. The molecule has 4 heterocycles. The molecule has 32 heavy (non-hydrogen) atoms. The first-order valence-corrected chi connectivity index (χ1v) is 11.9. The number of para-hydroxylation sites is 1. The molecule has 0 atom stereocenters. The highest BCUT2D eigenvalue weighted by atomic mass is 32.1. The van der Waals surface area contributed by atoms with E-state index in [1.54, 1.807) is 47.2 Å². The summed E-state index contributed by atoms with van der Waals surface area (Å²) in [6, 6.07) is 9.68. The molecular formula is C22H21N5O3S2. The van der Waals surface area contributed by atoms with Crippen LogP contribution in [0, 0.1) is 0 Å². The Hall–Kier alpha value is -3.24. The lowest BCUT2D eigenvalue weighted by molar-refractivity contribution is 0.101. The van der Waals surface area contributed by atoms with Crippen LogP contribution in [0.1, 0.15) is 27.9 Å². The molecular weight excluding hydrogens is 446 g/mol. The summed E-state index contributed by atoms with van der Waals surface area (Å²) in [5.41, 5.74) is 3.35. The number of amides is 2. The van der Waals surface area contributed by atoms with E-state index in [0.717, 1.165) is 36.2 Å². The van der Waals surface area contributed by atoms with E-state index < -0.39 is 0 Å². The van der Waals surface area contributed by atoms with Crippen molar-refractivity contribution in [1.29, 1.82) is 0 Å². The molecule has 1 N–H and O–H groups in total. The molecule has 1 aliphatic rings. The van der Waals surface area contributed by atoms with Gasteiger partial charge in [-0.15, -0.1) is 22.7 Å². The first kappa shape index (κ1) is 20.7. The fourth-order valence-electron chi connectivity index (χ4n) is 3.77. The summed E-state index contributed by atoms with van der Waals surface area (Å²) in [7, 11) is 1.77. The zero-order valence-electron chi connectivity index (χ0n) is 17.6. The van der Waals surface area contributed by atoms with Gasteiger partial charge >= 0.3 is 6.09 Å². The van der Waals surface area contributed by atoms with Crippen molar-refractivity contribution >= 4 is 49.9 Å². The Morgan fingerprint density at radius 2 is 2.06 bits per heavy atom. The van der Waals surface area contributed by atoms with E-state index in [1.807, 2.05) is 24.3 Å². The zero-order chi connectivity index (χ0) is 22.2. The van der Waals surface area contributed by atoms with Crippen LogP contribution in [0.5, 0.6) is 0 Å². The second-order valence-electron chi connectivity index (χ2n) is 7.39. The maximum atomic E-state index is 12.9. The third kappa shape index (κ3) is 3.76. The lowest BCUT2D eigenvalue weighted by Gasteiger charge is -2.26. The Labute approximate surface area is 192 Å². The Kier molecular flexibility index (Phi) is 5.40. The quantitative estimate of drug-likeness (QED) is 0.476. The number of carbonyl (C=O) groups excluding carboxylic acids is 2. The van der Waals surface area contributed by atoms with Gasteiger partial charge < -0.3 is 15.0 Å². The number of hydrogen-bond acceptors (Lipinski definition) is 7. The summed E-state index contributed by atoms with van der Waals surface area (Å²) < 4.78 is 7.87. The molecule has 0 saturated heterocycles. The van der Waals surface area contributed by atoms with Crippen LogP contribution in [-0.2, 0) is 24.8 Å². The predicted molar refractivity (Wildman–Crippen MR) is 125 cm³/mol. The van der Waals surface area contributed by atoms with Crippen molar-refractivity contribution < 1.29 is 14.3 Å². The highest BCUT2D eigenvalue weighted by Crippen LogP contribution is 2.45. The van der Waals surface area contributed by atoms with Crippen LogP contribution in [0.4, 0.5) is 9.80 Å². The number of ether oxygens (including phenoxy) is 1. The van der Waals surface area contributed by atoms with Gasteiger partial charge in [-0.25, -0.2) is 9.78 Å². The van der Waals surface area contributed by atoms with Crippen molar-refractivity contribution in [3.05, 3.63) is 52.7 Å². The second kappa shape index (κ2) is 8.36. The van der Waals surface area contributed by atoms with Crippen LogP contribution in [0.25, 0.3) is 20.8 Å². The molecule has 5 rings (SSSR count). The third-order valence-corrected chi connectivity index (χ3v) is 7.45. The maximum absolute atomic E-state index is 12.9. The van der Waals surface area contributed by atoms with Gasteiger partial charge in [0.25, 0.3) is 5.91 Å². The van der Waals surface area contributed by atoms with E-state index >= 15 is 0 Å². The number of rotatable bonds is 4. The van der Waals surface area contributed by atoms with E-state index in [-0.39, 0.29) is 12.0 Å². The largest absolute Gasteiger partial charge is 0.450 e. The molecule has 164 valence electrons. The average molecular weight is 468 g/mol. The van der Waals surface area contributed by atoms with Gasteiger partial charge in [-0.3, -0.25) is 9.48 Å². The van der Waals surface area contributed by atoms with E-state index in [9.17, 15) is 9.59 Å². The number of nitrogens with one attached hydrogen (secondary N) is 1. The van der Waals surface area contributed by atoms with Crippen LogP contribution in [0.2, 0.25) is 0 Å². The van der Waals surface area contributed by atoms with Crippen molar-refractivity contribution in [2.45, 2.75) is 19.9 Å². The van der Waals surface area contributed by atoms with Gasteiger partial charge in [0.1, 0.15) is 10.0 Å². The van der Waals surface area contributed by atoms with Gasteiger partial charge in [0.05, 0.1) is 23.4 Å². The maximum Gasteiger partial charge on any atom is 0.410 e. The molecule has 0 radical (unpaired) electrons. The number of fused-ring (bicyclic) bond motifs is 2. The predicted octanol–water partition coefficient (Wildman–Crippen LogP) is 4.53. The van der Waals surface area contributed by atoms with E-state index in [4.69, 9.17) is 9.72 Å². The molecule has 0 aliphatic carbocycles.